The first kappa shape index (κ1) is 9.45. The highest BCUT2D eigenvalue weighted by Gasteiger charge is 2.10. The molecule has 0 amide bonds. The van der Waals surface area contributed by atoms with Crippen LogP contribution < -0.4 is 4.74 Å². The van der Waals surface area contributed by atoms with Crippen LogP contribution in [0, 0.1) is 0 Å². The quantitative estimate of drug-likeness (QED) is 0.693. The number of hydrogen-bond donors (Lipinski definition) is 0. The van der Waals surface area contributed by atoms with Gasteiger partial charge in [-0.05, 0) is 19.1 Å². The van der Waals surface area contributed by atoms with Crippen LogP contribution in [0.4, 0.5) is 4.79 Å². The van der Waals surface area contributed by atoms with Gasteiger partial charge >= 0.3 is 6.16 Å². The van der Waals surface area contributed by atoms with E-state index in [1.807, 2.05) is 0 Å². The summed E-state index contributed by atoms with van der Waals surface area (Å²) in [6, 6.07) is 3.48. The van der Waals surface area contributed by atoms with Crippen molar-refractivity contribution in [2.75, 3.05) is 6.61 Å². The lowest BCUT2D eigenvalue weighted by molar-refractivity contribution is 0.105. The average molecular weight is 207 g/mol. The summed E-state index contributed by atoms with van der Waals surface area (Å²) in [4.78, 5) is 11.1. The zero-order valence-electron chi connectivity index (χ0n) is 8.08. The number of carbonyl (C=O) groups is 1. The Labute approximate surface area is 85.4 Å². The number of rotatable bonds is 2. The monoisotopic (exact) mass is 207 g/mol. The van der Waals surface area contributed by atoms with Gasteiger partial charge in [0.1, 0.15) is 5.52 Å². The SMILES string of the molecule is CCOC(=O)Oc1cnn2ncccc12. The summed E-state index contributed by atoms with van der Waals surface area (Å²) in [7, 11) is 0. The lowest BCUT2D eigenvalue weighted by Crippen LogP contribution is -2.09. The molecule has 6 nitrogen and oxygen atoms in total. The van der Waals surface area contributed by atoms with Gasteiger partial charge in [0.05, 0.1) is 12.8 Å². The molecular formula is C9H9N3O3. The summed E-state index contributed by atoms with van der Waals surface area (Å²) in [5.74, 6) is 0.335. The van der Waals surface area contributed by atoms with Gasteiger partial charge in [-0.15, -0.1) is 4.63 Å². The topological polar surface area (TPSA) is 65.7 Å². The third kappa shape index (κ3) is 1.88. The van der Waals surface area contributed by atoms with Crippen LogP contribution in [0.15, 0.2) is 24.5 Å². The lowest BCUT2D eigenvalue weighted by atomic mass is 10.4. The van der Waals surface area contributed by atoms with E-state index < -0.39 is 6.16 Å². The normalized spacial score (nSPS) is 10.2. The number of nitrogens with zero attached hydrogens (tertiary/aromatic N) is 3. The third-order valence-corrected chi connectivity index (χ3v) is 1.72. The highest BCUT2D eigenvalue weighted by molar-refractivity contribution is 5.69. The number of hydrogen-bond acceptors (Lipinski definition) is 5. The summed E-state index contributed by atoms with van der Waals surface area (Å²) in [6.07, 6.45) is 2.27. The minimum atomic E-state index is -0.740. The van der Waals surface area contributed by atoms with Crippen molar-refractivity contribution in [3.63, 3.8) is 0 Å². The molecule has 0 bridgehead atoms. The standard InChI is InChI=1S/C9H9N3O3/c1-2-14-9(13)15-8-6-11-12-7(8)4-3-5-10-12/h3-6H,2H2,1H3. The van der Waals surface area contributed by atoms with E-state index in [-0.39, 0.29) is 6.61 Å². The molecule has 0 radical (unpaired) electrons. The Morgan fingerprint density at radius 1 is 1.53 bits per heavy atom. The largest absolute Gasteiger partial charge is 0.513 e. The molecule has 0 fully saturated rings. The van der Waals surface area contributed by atoms with E-state index in [1.165, 1.54) is 10.8 Å². The van der Waals surface area contributed by atoms with Crippen LogP contribution in [-0.4, -0.2) is 27.6 Å². The van der Waals surface area contributed by atoms with Crippen molar-refractivity contribution < 1.29 is 14.3 Å². The first-order valence-corrected chi connectivity index (χ1v) is 4.45. The molecule has 2 aromatic heterocycles. The molecule has 0 aliphatic rings. The molecule has 0 saturated carbocycles. The van der Waals surface area contributed by atoms with Gasteiger partial charge in [0.2, 0.25) is 0 Å². The molecule has 2 heterocycles. The summed E-state index contributed by atoms with van der Waals surface area (Å²) < 4.78 is 10.9. The molecule has 0 spiro atoms. The van der Waals surface area contributed by atoms with Crippen molar-refractivity contribution in [2.45, 2.75) is 6.92 Å². The fourth-order valence-corrected chi connectivity index (χ4v) is 1.13. The molecule has 2 rings (SSSR count). The Morgan fingerprint density at radius 3 is 3.20 bits per heavy atom. The molecule has 6 heteroatoms. The fraction of sp³-hybridized carbons (Fsp3) is 0.222. The van der Waals surface area contributed by atoms with Crippen LogP contribution >= 0.6 is 0 Å². The number of fused-ring (bicyclic) bond motifs is 1. The number of ether oxygens (including phenoxy) is 2. The van der Waals surface area contributed by atoms with Crippen molar-refractivity contribution >= 4 is 11.7 Å². The Hall–Kier alpha value is -2.11. The lowest BCUT2D eigenvalue weighted by Gasteiger charge is -2.00. The average Bonchev–Trinajstić information content (AvgIpc) is 2.62. The van der Waals surface area contributed by atoms with Gasteiger partial charge in [-0.1, -0.05) is 0 Å². The van der Waals surface area contributed by atoms with E-state index in [0.29, 0.717) is 11.3 Å². The molecule has 0 aliphatic heterocycles. The van der Waals surface area contributed by atoms with Crippen LogP contribution in [0.2, 0.25) is 0 Å². The highest BCUT2D eigenvalue weighted by Crippen LogP contribution is 2.17. The smallest absolute Gasteiger partial charge is 0.434 e. The van der Waals surface area contributed by atoms with Crippen LogP contribution in [0.3, 0.4) is 0 Å². The van der Waals surface area contributed by atoms with E-state index >= 15 is 0 Å². The summed E-state index contributed by atoms with van der Waals surface area (Å²) in [6.45, 7) is 1.98. The van der Waals surface area contributed by atoms with Crippen molar-refractivity contribution in [2.24, 2.45) is 0 Å². The van der Waals surface area contributed by atoms with Gasteiger partial charge in [-0.3, -0.25) is 0 Å². The first-order chi connectivity index (χ1) is 7.31. The molecular weight excluding hydrogens is 198 g/mol. The van der Waals surface area contributed by atoms with Crippen LogP contribution in [0.25, 0.3) is 5.52 Å². The molecule has 15 heavy (non-hydrogen) atoms. The van der Waals surface area contributed by atoms with Crippen LogP contribution in [0.1, 0.15) is 6.92 Å². The molecule has 0 aromatic carbocycles. The van der Waals surface area contributed by atoms with Crippen molar-refractivity contribution in [1.82, 2.24) is 14.8 Å². The zero-order valence-corrected chi connectivity index (χ0v) is 8.08. The van der Waals surface area contributed by atoms with E-state index in [1.54, 1.807) is 25.3 Å². The molecule has 0 N–H and O–H groups in total. The van der Waals surface area contributed by atoms with Gasteiger partial charge in [0, 0.05) is 6.20 Å². The molecule has 0 atom stereocenters. The minimum absolute atomic E-state index is 0.274. The molecule has 78 valence electrons. The van der Waals surface area contributed by atoms with E-state index in [2.05, 4.69) is 14.9 Å². The Balaban J connectivity index is 2.25. The molecule has 0 saturated heterocycles. The second-order valence-electron chi connectivity index (χ2n) is 2.69. The Bertz CT molecular complexity index is 480. The Morgan fingerprint density at radius 2 is 2.40 bits per heavy atom. The van der Waals surface area contributed by atoms with E-state index in [0.717, 1.165) is 0 Å². The maximum Gasteiger partial charge on any atom is 0.513 e. The maximum absolute atomic E-state index is 11.1. The summed E-state index contributed by atoms with van der Waals surface area (Å²) >= 11 is 0. The van der Waals surface area contributed by atoms with Gasteiger partial charge in [-0.25, -0.2) is 4.79 Å². The van der Waals surface area contributed by atoms with Crippen LogP contribution in [0.5, 0.6) is 5.75 Å². The first-order valence-electron chi connectivity index (χ1n) is 4.45. The minimum Gasteiger partial charge on any atom is -0.434 e. The number of aromatic nitrogens is 3. The Kier molecular flexibility index (Phi) is 2.49. The van der Waals surface area contributed by atoms with Crippen molar-refractivity contribution in [3.8, 4) is 5.75 Å². The van der Waals surface area contributed by atoms with Gasteiger partial charge in [0.25, 0.3) is 0 Å². The second-order valence-corrected chi connectivity index (χ2v) is 2.69. The second kappa shape index (κ2) is 3.95. The predicted molar refractivity (Wildman–Crippen MR) is 50.6 cm³/mol. The third-order valence-electron chi connectivity index (χ3n) is 1.72. The predicted octanol–water partition coefficient (Wildman–Crippen LogP) is 1.26. The van der Waals surface area contributed by atoms with Crippen LogP contribution in [-0.2, 0) is 4.74 Å². The molecule has 0 aliphatic carbocycles. The fourth-order valence-electron chi connectivity index (χ4n) is 1.13. The zero-order chi connectivity index (χ0) is 10.7. The van der Waals surface area contributed by atoms with Crippen molar-refractivity contribution in [3.05, 3.63) is 24.5 Å². The van der Waals surface area contributed by atoms with Gasteiger partial charge in [0.15, 0.2) is 5.75 Å². The van der Waals surface area contributed by atoms with E-state index in [9.17, 15) is 4.79 Å². The number of carbonyl (C=O) groups excluding carboxylic acids is 1. The summed E-state index contributed by atoms with van der Waals surface area (Å²) in [5, 5.41) is 7.83. The van der Waals surface area contributed by atoms with Gasteiger partial charge in [-0.2, -0.15) is 10.2 Å². The summed E-state index contributed by atoms with van der Waals surface area (Å²) in [5.41, 5.74) is 0.616. The molecule has 2 aromatic rings. The molecule has 0 unspecified atom stereocenters. The highest BCUT2D eigenvalue weighted by atomic mass is 16.7. The van der Waals surface area contributed by atoms with E-state index in [4.69, 9.17) is 4.74 Å². The van der Waals surface area contributed by atoms with Crippen molar-refractivity contribution in [1.29, 1.82) is 0 Å². The maximum atomic E-state index is 11.1. The van der Waals surface area contributed by atoms with Gasteiger partial charge < -0.3 is 9.47 Å².